The number of pyridine rings is 1. The van der Waals surface area contributed by atoms with Gasteiger partial charge in [0.25, 0.3) is 5.91 Å². The Balaban J connectivity index is 1.40. The van der Waals surface area contributed by atoms with Crippen molar-refractivity contribution in [3.63, 3.8) is 0 Å². The molecule has 3 heterocycles. The molecule has 0 unspecified atom stereocenters. The molecule has 0 saturated carbocycles. The van der Waals surface area contributed by atoms with Crippen molar-refractivity contribution in [3.05, 3.63) is 63.6 Å². The van der Waals surface area contributed by atoms with Crippen LogP contribution in [0, 0.1) is 0 Å². The minimum atomic E-state index is -4.39. The van der Waals surface area contributed by atoms with Gasteiger partial charge in [0.2, 0.25) is 0 Å². The van der Waals surface area contributed by atoms with Gasteiger partial charge in [-0.3, -0.25) is 4.79 Å². The molecule has 1 aromatic heterocycles. The molecule has 1 fully saturated rings. The Morgan fingerprint density at radius 2 is 1.70 bits per heavy atom. The third-order valence-corrected chi connectivity index (χ3v) is 6.07. The lowest BCUT2D eigenvalue weighted by atomic mass is 10.1. The number of anilines is 1. The molecule has 1 saturated heterocycles. The molecule has 0 bridgehead atoms. The second kappa shape index (κ2) is 8.31. The first-order chi connectivity index (χ1) is 14.3. The number of carbonyl (C=O) groups excluding carboxylic acids is 1. The first kappa shape index (κ1) is 20.7. The molecule has 5 nitrogen and oxygen atoms in total. The summed E-state index contributed by atoms with van der Waals surface area (Å²) >= 11 is 7.45. The predicted octanol–water partition coefficient (Wildman–Crippen LogP) is 4.55. The van der Waals surface area contributed by atoms with Gasteiger partial charge < -0.3 is 9.80 Å². The molecular formula is C20H16ClF3N4OS. The summed E-state index contributed by atoms with van der Waals surface area (Å²) in [6, 6.07) is 8.26. The SMILES string of the molecule is O=C1N=C(N2CCN(c3ncccc3Cl)CC2)SC1=Cc1ccc(C(F)(F)F)cc1. The highest BCUT2D eigenvalue weighted by molar-refractivity contribution is 8.18. The van der Waals surface area contributed by atoms with Crippen molar-refractivity contribution in [2.75, 3.05) is 31.1 Å². The van der Waals surface area contributed by atoms with Crippen molar-refractivity contribution in [1.82, 2.24) is 9.88 Å². The highest BCUT2D eigenvalue weighted by Crippen LogP contribution is 2.33. The summed E-state index contributed by atoms with van der Waals surface area (Å²) in [5.41, 5.74) is -0.206. The van der Waals surface area contributed by atoms with Crippen LogP contribution in [-0.4, -0.2) is 47.1 Å². The number of benzene rings is 1. The molecule has 2 aromatic rings. The first-order valence-corrected chi connectivity index (χ1v) is 10.3. The third-order valence-electron chi connectivity index (χ3n) is 4.73. The quantitative estimate of drug-likeness (QED) is 0.626. The maximum Gasteiger partial charge on any atom is 0.416 e. The van der Waals surface area contributed by atoms with E-state index in [0.29, 0.717) is 46.8 Å². The maximum absolute atomic E-state index is 12.7. The van der Waals surface area contributed by atoms with Gasteiger partial charge in [-0.05, 0) is 47.7 Å². The molecule has 0 atom stereocenters. The lowest BCUT2D eigenvalue weighted by molar-refractivity contribution is -0.137. The molecule has 10 heteroatoms. The van der Waals surface area contributed by atoms with Crippen LogP contribution in [0.5, 0.6) is 0 Å². The number of carbonyl (C=O) groups is 1. The Bertz CT molecular complexity index is 1020. The molecule has 30 heavy (non-hydrogen) atoms. The first-order valence-electron chi connectivity index (χ1n) is 9.11. The number of nitrogens with zero attached hydrogens (tertiary/aromatic N) is 4. The molecule has 4 rings (SSSR count). The highest BCUT2D eigenvalue weighted by atomic mass is 35.5. The van der Waals surface area contributed by atoms with Gasteiger partial charge in [-0.1, -0.05) is 23.7 Å². The Kier molecular flexibility index (Phi) is 5.75. The fourth-order valence-corrected chi connectivity index (χ4v) is 4.38. The number of amidine groups is 1. The van der Waals surface area contributed by atoms with E-state index in [1.54, 1.807) is 24.4 Å². The Hall–Kier alpha value is -2.52. The summed E-state index contributed by atoms with van der Waals surface area (Å²) in [5.74, 6) is 0.351. The number of rotatable bonds is 2. The van der Waals surface area contributed by atoms with E-state index in [0.717, 1.165) is 18.0 Å². The van der Waals surface area contributed by atoms with Crippen molar-refractivity contribution in [2.45, 2.75) is 6.18 Å². The average molecular weight is 453 g/mol. The zero-order valence-corrected chi connectivity index (χ0v) is 17.1. The van der Waals surface area contributed by atoms with Crippen LogP contribution < -0.4 is 4.90 Å². The van der Waals surface area contributed by atoms with Crippen LogP contribution in [0.25, 0.3) is 6.08 Å². The zero-order chi connectivity index (χ0) is 21.3. The highest BCUT2D eigenvalue weighted by Gasteiger charge is 2.31. The van der Waals surface area contributed by atoms with Crippen LogP contribution in [0.4, 0.5) is 19.0 Å². The van der Waals surface area contributed by atoms with Gasteiger partial charge in [0, 0.05) is 32.4 Å². The minimum Gasteiger partial charge on any atom is -0.352 e. The van der Waals surface area contributed by atoms with E-state index >= 15 is 0 Å². The van der Waals surface area contributed by atoms with Gasteiger partial charge in [0.15, 0.2) is 5.17 Å². The van der Waals surface area contributed by atoms with Gasteiger partial charge in [-0.2, -0.15) is 18.2 Å². The Labute approximate surface area is 180 Å². The van der Waals surface area contributed by atoms with E-state index in [1.165, 1.54) is 23.9 Å². The van der Waals surface area contributed by atoms with E-state index in [4.69, 9.17) is 11.6 Å². The van der Waals surface area contributed by atoms with Crippen molar-refractivity contribution in [1.29, 1.82) is 0 Å². The second-order valence-corrected chi connectivity index (χ2v) is 8.13. The van der Waals surface area contributed by atoms with Crippen molar-refractivity contribution < 1.29 is 18.0 Å². The zero-order valence-electron chi connectivity index (χ0n) is 15.6. The number of aromatic nitrogens is 1. The third kappa shape index (κ3) is 4.46. The predicted molar refractivity (Wildman–Crippen MR) is 112 cm³/mol. The van der Waals surface area contributed by atoms with Crippen LogP contribution in [-0.2, 0) is 11.0 Å². The van der Waals surface area contributed by atoms with E-state index in [1.807, 2.05) is 4.90 Å². The number of alkyl halides is 3. The molecule has 2 aliphatic rings. The summed E-state index contributed by atoms with van der Waals surface area (Å²) in [4.78, 5) is 25.2. The molecule has 2 aliphatic heterocycles. The summed E-state index contributed by atoms with van der Waals surface area (Å²) in [7, 11) is 0. The summed E-state index contributed by atoms with van der Waals surface area (Å²) in [5, 5.41) is 1.19. The number of aliphatic imine (C=N–C) groups is 1. The summed E-state index contributed by atoms with van der Waals surface area (Å²) < 4.78 is 38.1. The monoisotopic (exact) mass is 452 g/mol. The maximum atomic E-state index is 12.7. The number of hydrogen-bond acceptors (Lipinski definition) is 5. The molecule has 0 aliphatic carbocycles. The Morgan fingerprint density at radius 3 is 2.33 bits per heavy atom. The van der Waals surface area contributed by atoms with Crippen molar-refractivity contribution in [3.8, 4) is 0 Å². The van der Waals surface area contributed by atoms with Gasteiger partial charge in [-0.15, -0.1) is 0 Å². The summed E-state index contributed by atoms with van der Waals surface area (Å²) in [6.07, 6.45) is -1.13. The Morgan fingerprint density at radius 1 is 1.03 bits per heavy atom. The standard InChI is InChI=1S/C20H16ClF3N4OS/c21-15-2-1-7-25-17(15)27-8-10-28(11-9-27)19-26-18(29)16(30-19)12-13-3-5-14(6-4-13)20(22,23)24/h1-7,12H,8-11H2. The van der Waals surface area contributed by atoms with E-state index in [-0.39, 0.29) is 5.91 Å². The van der Waals surface area contributed by atoms with E-state index in [2.05, 4.69) is 14.9 Å². The number of hydrogen-bond donors (Lipinski definition) is 0. The van der Waals surface area contributed by atoms with Crippen LogP contribution in [0.2, 0.25) is 5.02 Å². The fourth-order valence-electron chi connectivity index (χ4n) is 3.17. The molecule has 0 N–H and O–H groups in total. The molecule has 0 radical (unpaired) electrons. The molecular weight excluding hydrogens is 437 g/mol. The minimum absolute atomic E-state index is 0.384. The van der Waals surface area contributed by atoms with Crippen LogP contribution >= 0.6 is 23.4 Å². The lowest BCUT2D eigenvalue weighted by Gasteiger charge is -2.36. The lowest BCUT2D eigenvalue weighted by Crippen LogP contribution is -2.48. The number of halogens is 4. The normalized spacial score (nSPS) is 18.9. The van der Waals surface area contributed by atoms with Crippen LogP contribution in [0.3, 0.4) is 0 Å². The average Bonchev–Trinajstić information content (AvgIpc) is 3.09. The number of amides is 1. The fraction of sp³-hybridized carbons (Fsp3) is 0.250. The van der Waals surface area contributed by atoms with E-state index < -0.39 is 11.7 Å². The smallest absolute Gasteiger partial charge is 0.352 e. The van der Waals surface area contributed by atoms with Gasteiger partial charge in [0.05, 0.1) is 15.5 Å². The largest absolute Gasteiger partial charge is 0.416 e. The van der Waals surface area contributed by atoms with Crippen molar-refractivity contribution in [2.24, 2.45) is 4.99 Å². The van der Waals surface area contributed by atoms with Gasteiger partial charge in [-0.25, -0.2) is 4.98 Å². The van der Waals surface area contributed by atoms with E-state index in [9.17, 15) is 18.0 Å². The van der Waals surface area contributed by atoms with Crippen molar-refractivity contribution >= 4 is 46.3 Å². The van der Waals surface area contributed by atoms with Crippen LogP contribution in [0.15, 0.2) is 52.5 Å². The topological polar surface area (TPSA) is 48.8 Å². The molecule has 1 aromatic carbocycles. The summed E-state index contributed by atoms with van der Waals surface area (Å²) in [6.45, 7) is 2.67. The van der Waals surface area contributed by atoms with Crippen LogP contribution in [0.1, 0.15) is 11.1 Å². The molecule has 156 valence electrons. The molecule has 1 amide bonds. The second-order valence-electron chi connectivity index (χ2n) is 6.71. The number of piperazine rings is 1. The van der Waals surface area contributed by atoms with Gasteiger partial charge >= 0.3 is 6.18 Å². The number of thioether (sulfide) groups is 1. The molecule has 0 spiro atoms. The van der Waals surface area contributed by atoms with Gasteiger partial charge in [0.1, 0.15) is 5.82 Å².